The highest BCUT2D eigenvalue weighted by molar-refractivity contribution is 7.85. The largest absolute Gasteiger partial charge is 0.392 e. The molecule has 0 bridgehead atoms. The number of amides is 1. The maximum absolute atomic E-state index is 12.1. The lowest BCUT2D eigenvalue weighted by Crippen LogP contribution is -2.48. The van der Waals surface area contributed by atoms with Crippen LogP contribution in [0.15, 0.2) is 0 Å². The molecular weight excluding hydrogens is 232 g/mol. The first kappa shape index (κ1) is 11.0. The molecule has 1 heterocycles. The minimum absolute atomic E-state index is 0.0479. The monoisotopic (exact) mass is 246 g/mol. The zero-order valence-electron chi connectivity index (χ0n) is 8.40. The molecule has 1 saturated carbocycles. The van der Waals surface area contributed by atoms with Crippen molar-refractivity contribution in [2.75, 3.05) is 24.6 Å². The Labute approximate surface area is 96.6 Å². The van der Waals surface area contributed by atoms with Crippen LogP contribution in [-0.4, -0.2) is 44.6 Å². The van der Waals surface area contributed by atoms with E-state index in [1.54, 1.807) is 4.90 Å². The topological polar surface area (TPSA) is 63.4 Å². The molecule has 84 valence electrons. The number of nitrogens with two attached hydrogens (primary N) is 1. The molecule has 6 heteroatoms. The smallest absolute Gasteiger partial charge is 0.235 e. The molecule has 0 atom stereocenters. The minimum Gasteiger partial charge on any atom is -0.392 e. The summed E-state index contributed by atoms with van der Waals surface area (Å²) < 4.78 is 11.2. The van der Waals surface area contributed by atoms with Crippen LogP contribution in [0.25, 0.3) is 0 Å². The highest BCUT2D eigenvalue weighted by Gasteiger charge is 2.54. The number of carbonyl (C=O) groups is 1. The molecule has 15 heavy (non-hydrogen) atoms. The van der Waals surface area contributed by atoms with E-state index in [9.17, 15) is 9.00 Å². The van der Waals surface area contributed by atoms with Crippen molar-refractivity contribution in [3.63, 3.8) is 0 Å². The average Bonchev–Trinajstić information content (AvgIpc) is 2.98. The van der Waals surface area contributed by atoms with Gasteiger partial charge in [-0.1, -0.05) is 12.2 Å². The average molecular weight is 246 g/mol. The maximum atomic E-state index is 12.1. The molecule has 0 aromatic rings. The Hall–Kier alpha value is -0.490. The molecule has 0 aromatic carbocycles. The second-order valence-corrected chi connectivity index (χ2v) is 6.22. The fraction of sp³-hybridized carbons (Fsp3) is 0.778. The highest BCUT2D eigenvalue weighted by Crippen LogP contribution is 2.47. The summed E-state index contributed by atoms with van der Waals surface area (Å²) in [6.45, 7) is 1.16. The molecular formula is C9H14N2O2S2. The molecule has 0 aromatic heterocycles. The van der Waals surface area contributed by atoms with E-state index in [1.807, 2.05) is 0 Å². The van der Waals surface area contributed by atoms with Crippen molar-refractivity contribution in [2.45, 2.75) is 12.8 Å². The summed E-state index contributed by atoms with van der Waals surface area (Å²) >= 11 is 4.93. The molecule has 1 saturated heterocycles. The third-order valence-electron chi connectivity index (χ3n) is 3.10. The van der Waals surface area contributed by atoms with E-state index in [2.05, 4.69) is 0 Å². The van der Waals surface area contributed by atoms with Crippen molar-refractivity contribution < 1.29 is 9.00 Å². The van der Waals surface area contributed by atoms with Gasteiger partial charge in [-0.3, -0.25) is 9.00 Å². The van der Waals surface area contributed by atoms with Gasteiger partial charge in [0, 0.05) is 35.4 Å². The van der Waals surface area contributed by atoms with Gasteiger partial charge in [0.15, 0.2) is 0 Å². The van der Waals surface area contributed by atoms with Gasteiger partial charge in [-0.2, -0.15) is 0 Å². The lowest BCUT2D eigenvalue weighted by Gasteiger charge is -2.29. The van der Waals surface area contributed by atoms with Gasteiger partial charge in [0.05, 0.1) is 10.4 Å². The molecule has 0 unspecified atom stereocenters. The summed E-state index contributed by atoms with van der Waals surface area (Å²) in [7, 11) is -0.752. The Kier molecular flexibility index (Phi) is 2.81. The summed E-state index contributed by atoms with van der Waals surface area (Å²) in [5.41, 5.74) is 5.04. The first-order valence-corrected chi connectivity index (χ1v) is 6.90. The highest BCUT2D eigenvalue weighted by atomic mass is 32.2. The molecule has 1 amide bonds. The van der Waals surface area contributed by atoms with Crippen LogP contribution >= 0.6 is 12.2 Å². The van der Waals surface area contributed by atoms with Crippen LogP contribution < -0.4 is 5.73 Å². The molecule has 4 nitrogen and oxygen atoms in total. The van der Waals surface area contributed by atoms with E-state index in [4.69, 9.17) is 18.0 Å². The summed E-state index contributed by atoms with van der Waals surface area (Å²) in [4.78, 5) is 14.2. The van der Waals surface area contributed by atoms with Crippen LogP contribution in [-0.2, 0) is 15.6 Å². The standard InChI is InChI=1S/C9H14N2O2S2/c10-7(14)9(1-2-9)8(12)11-3-5-15(13)6-4-11/h1-6H2,(H2,10,14). The zero-order chi connectivity index (χ0) is 11.1. The molecule has 1 aliphatic carbocycles. The van der Waals surface area contributed by atoms with E-state index in [0.717, 1.165) is 12.8 Å². The molecule has 2 aliphatic rings. The Morgan fingerprint density at radius 2 is 1.87 bits per heavy atom. The first-order chi connectivity index (χ1) is 7.06. The molecule has 0 spiro atoms. The van der Waals surface area contributed by atoms with Gasteiger partial charge in [0.2, 0.25) is 5.91 Å². The van der Waals surface area contributed by atoms with Crippen LogP contribution in [0.1, 0.15) is 12.8 Å². The van der Waals surface area contributed by atoms with Crippen molar-refractivity contribution in [3.05, 3.63) is 0 Å². The van der Waals surface area contributed by atoms with Gasteiger partial charge in [0.25, 0.3) is 0 Å². The van der Waals surface area contributed by atoms with E-state index in [0.29, 0.717) is 29.6 Å². The fourth-order valence-corrected chi connectivity index (χ4v) is 3.18. The molecule has 2 fully saturated rings. The van der Waals surface area contributed by atoms with Gasteiger partial charge in [0.1, 0.15) is 0 Å². The Morgan fingerprint density at radius 3 is 2.27 bits per heavy atom. The van der Waals surface area contributed by atoms with Gasteiger partial charge >= 0.3 is 0 Å². The normalized spacial score (nSPS) is 24.9. The van der Waals surface area contributed by atoms with Crippen molar-refractivity contribution >= 4 is 33.9 Å². The maximum Gasteiger partial charge on any atom is 0.235 e. The molecule has 2 rings (SSSR count). The lowest BCUT2D eigenvalue weighted by atomic mass is 10.1. The number of hydrogen-bond donors (Lipinski definition) is 1. The minimum atomic E-state index is -0.752. The van der Waals surface area contributed by atoms with Crippen molar-refractivity contribution in [2.24, 2.45) is 11.1 Å². The number of carbonyl (C=O) groups excluding carboxylic acids is 1. The van der Waals surface area contributed by atoms with E-state index in [1.165, 1.54) is 0 Å². The predicted molar refractivity (Wildman–Crippen MR) is 62.9 cm³/mol. The Bertz CT molecular complexity index is 329. The Balaban J connectivity index is 2.03. The Morgan fingerprint density at radius 1 is 1.33 bits per heavy atom. The van der Waals surface area contributed by atoms with Crippen LogP contribution in [0.4, 0.5) is 0 Å². The van der Waals surface area contributed by atoms with E-state index in [-0.39, 0.29) is 5.91 Å². The second-order valence-electron chi connectivity index (χ2n) is 4.09. The van der Waals surface area contributed by atoms with Gasteiger partial charge in [-0.05, 0) is 12.8 Å². The van der Waals surface area contributed by atoms with Crippen molar-refractivity contribution in [1.82, 2.24) is 4.90 Å². The van der Waals surface area contributed by atoms with Gasteiger partial charge in [-0.25, -0.2) is 0 Å². The van der Waals surface area contributed by atoms with E-state index < -0.39 is 16.2 Å². The van der Waals surface area contributed by atoms with Gasteiger partial charge < -0.3 is 10.6 Å². The third-order valence-corrected chi connectivity index (χ3v) is 4.76. The first-order valence-electron chi connectivity index (χ1n) is 5.00. The molecule has 1 aliphatic heterocycles. The fourth-order valence-electron chi connectivity index (χ4n) is 1.83. The van der Waals surface area contributed by atoms with Crippen molar-refractivity contribution in [1.29, 1.82) is 0 Å². The summed E-state index contributed by atoms with van der Waals surface area (Å²) in [6.07, 6.45) is 1.56. The second kappa shape index (κ2) is 3.83. The van der Waals surface area contributed by atoms with Crippen LogP contribution in [0.2, 0.25) is 0 Å². The SMILES string of the molecule is NC(=S)C1(C(=O)N2CCS(=O)CC2)CC1. The number of nitrogens with zero attached hydrogens (tertiary/aromatic N) is 1. The van der Waals surface area contributed by atoms with Crippen LogP contribution in [0.3, 0.4) is 0 Å². The summed E-state index contributed by atoms with van der Waals surface area (Å²) in [6, 6.07) is 0. The lowest BCUT2D eigenvalue weighted by molar-refractivity contribution is -0.134. The molecule has 0 radical (unpaired) electrons. The number of thiocarbonyl (C=S) groups is 1. The number of hydrogen-bond acceptors (Lipinski definition) is 3. The zero-order valence-corrected chi connectivity index (χ0v) is 10.0. The van der Waals surface area contributed by atoms with Crippen LogP contribution in [0, 0.1) is 5.41 Å². The van der Waals surface area contributed by atoms with Crippen LogP contribution in [0.5, 0.6) is 0 Å². The van der Waals surface area contributed by atoms with E-state index >= 15 is 0 Å². The van der Waals surface area contributed by atoms with Gasteiger partial charge in [-0.15, -0.1) is 0 Å². The quantitative estimate of drug-likeness (QED) is 0.676. The summed E-state index contributed by atoms with van der Waals surface area (Å²) in [5, 5.41) is 0. The predicted octanol–water partition coefficient (Wildman–Crippen LogP) is -0.356. The summed E-state index contributed by atoms with van der Waals surface area (Å²) in [5.74, 6) is 1.21. The molecule has 2 N–H and O–H groups in total. The third kappa shape index (κ3) is 1.92. The van der Waals surface area contributed by atoms with Crippen molar-refractivity contribution in [3.8, 4) is 0 Å². The number of rotatable bonds is 2.